The second-order valence-corrected chi connectivity index (χ2v) is 6.51. The molecule has 2 fully saturated rings. The summed E-state index contributed by atoms with van der Waals surface area (Å²) in [6, 6.07) is 0. The third-order valence-electron chi connectivity index (χ3n) is 4.49. The Morgan fingerprint density at radius 3 is 1.68 bits per heavy atom. The lowest BCUT2D eigenvalue weighted by Crippen LogP contribution is -2.46. The molecule has 2 aliphatic rings. The molecule has 0 radical (unpaired) electrons. The molecule has 0 aromatic heterocycles. The van der Waals surface area contributed by atoms with Crippen LogP contribution in [0.15, 0.2) is 0 Å². The number of hydrogen-bond donors (Lipinski definition) is 3. The highest BCUT2D eigenvalue weighted by molar-refractivity contribution is 4.79. The zero-order chi connectivity index (χ0) is 17.0. The van der Waals surface area contributed by atoms with Crippen LogP contribution in [0, 0.1) is 11.8 Å². The lowest BCUT2D eigenvalue weighted by atomic mass is 9.88. The van der Waals surface area contributed by atoms with E-state index < -0.39 is 18.3 Å². The average Bonchev–Trinajstić information content (AvgIpc) is 2.51. The van der Waals surface area contributed by atoms with Crippen LogP contribution >= 0.6 is 0 Å². The molecule has 4 heteroatoms. The summed E-state index contributed by atoms with van der Waals surface area (Å²) in [4.78, 5) is 0. The lowest BCUT2D eigenvalue weighted by molar-refractivity contribution is -0.147. The summed E-state index contributed by atoms with van der Waals surface area (Å²) in [6.45, 7) is 8.97. The Hall–Kier alpha value is -0.160. The quantitative estimate of drug-likeness (QED) is 0.695. The van der Waals surface area contributed by atoms with Gasteiger partial charge in [0, 0.05) is 6.61 Å². The molecule has 134 valence electrons. The van der Waals surface area contributed by atoms with Crippen LogP contribution in [-0.2, 0) is 4.74 Å². The smallest absolute Gasteiger partial charge is 0.109 e. The summed E-state index contributed by atoms with van der Waals surface area (Å²) in [5.41, 5.74) is 0. The zero-order valence-corrected chi connectivity index (χ0v) is 15.0. The van der Waals surface area contributed by atoms with Crippen molar-refractivity contribution >= 4 is 0 Å². The minimum atomic E-state index is -0.932. The molecule has 1 aliphatic heterocycles. The van der Waals surface area contributed by atoms with Gasteiger partial charge in [-0.3, -0.25) is 0 Å². The van der Waals surface area contributed by atoms with E-state index in [1.54, 1.807) is 0 Å². The molecule has 22 heavy (non-hydrogen) atoms. The molecule has 2 rings (SSSR count). The normalized spacial score (nSPS) is 35.9. The first kappa shape index (κ1) is 21.8. The Morgan fingerprint density at radius 1 is 0.864 bits per heavy atom. The van der Waals surface area contributed by atoms with Crippen molar-refractivity contribution in [3.8, 4) is 0 Å². The predicted molar refractivity (Wildman–Crippen MR) is 90.8 cm³/mol. The van der Waals surface area contributed by atoms with Crippen LogP contribution in [0.3, 0.4) is 0 Å². The third kappa shape index (κ3) is 9.09. The van der Waals surface area contributed by atoms with Crippen molar-refractivity contribution in [2.24, 2.45) is 11.8 Å². The van der Waals surface area contributed by atoms with E-state index in [2.05, 4.69) is 13.8 Å². The minimum absolute atomic E-state index is 0.238. The van der Waals surface area contributed by atoms with Crippen LogP contribution in [-0.4, -0.2) is 46.8 Å². The Kier molecular flexibility index (Phi) is 13.2. The van der Waals surface area contributed by atoms with E-state index in [0.717, 1.165) is 11.8 Å². The fraction of sp³-hybridized carbons (Fsp3) is 1.00. The first-order valence-corrected chi connectivity index (χ1v) is 9.13. The maximum atomic E-state index is 9.10. The maximum absolute atomic E-state index is 9.10. The van der Waals surface area contributed by atoms with Crippen molar-refractivity contribution in [2.75, 3.05) is 13.2 Å². The predicted octanol–water partition coefficient (Wildman–Crippen LogP) is 3.13. The molecular formula is C18H38O4. The Morgan fingerprint density at radius 2 is 1.32 bits per heavy atom. The van der Waals surface area contributed by atoms with Crippen LogP contribution < -0.4 is 0 Å². The fourth-order valence-electron chi connectivity index (χ4n) is 2.94. The molecule has 2 unspecified atom stereocenters. The topological polar surface area (TPSA) is 69.9 Å². The molecule has 3 atom stereocenters. The molecule has 0 bridgehead atoms. The number of aliphatic hydroxyl groups excluding tert-OH is 3. The van der Waals surface area contributed by atoms with E-state index in [1.807, 2.05) is 13.8 Å². The van der Waals surface area contributed by atoms with Crippen LogP contribution in [0.25, 0.3) is 0 Å². The van der Waals surface area contributed by atoms with Crippen molar-refractivity contribution in [3.05, 3.63) is 0 Å². The largest absolute Gasteiger partial charge is 0.394 e. The highest BCUT2D eigenvalue weighted by Crippen LogP contribution is 2.24. The van der Waals surface area contributed by atoms with Gasteiger partial charge in [0.2, 0.25) is 0 Å². The number of ether oxygens (including phenoxy) is 1. The third-order valence-corrected chi connectivity index (χ3v) is 4.49. The second kappa shape index (κ2) is 13.3. The Labute approximate surface area is 136 Å². The molecule has 1 saturated carbocycles. The maximum Gasteiger partial charge on any atom is 0.109 e. The monoisotopic (exact) mass is 318 g/mol. The lowest BCUT2D eigenvalue weighted by Gasteiger charge is -2.30. The van der Waals surface area contributed by atoms with E-state index in [0.29, 0.717) is 13.0 Å². The van der Waals surface area contributed by atoms with Gasteiger partial charge in [-0.25, -0.2) is 0 Å². The van der Waals surface area contributed by atoms with Gasteiger partial charge in [0.15, 0.2) is 0 Å². The van der Waals surface area contributed by atoms with Gasteiger partial charge in [-0.15, -0.1) is 0 Å². The number of hydrogen-bond acceptors (Lipinski definition) is 4. The average molecular weight is 318 g/mol. The zero-order valence-electron chi connectivity index (χ0n) is 15.0. The number of aliphatic hydroxyl groups is 3. The molecule has 1 saturated heterocycles. The molecule has 3 N–H and O–H groups in total. The SMILES string of the molecule is CC.CC1CCCC(C)CCC1.OC[C@H]1OCCC(O)C1O. The van der Waals surface area contributed by atoms with Gasteiger partial charge in [-0.2, -0.15) is 0 Å². The van der Waals surface area contributed by atoms with E-state index in [1.165, 1.54) is 38.5 Å². The van der Waals surface area contributed by atoms with Crippen LogP contribution in [0.2, 0.25) is 0 Å². The molecule has 1 aliphatic carbocycles. The van der Waals surface area contributed by atoms with Crippen LogP contribution in [0.5, 0.6) is 0 Å². The summed E-state index contributed by atoms with van der Waals surface area (Å²) >= 11 is 0. The van der Waals surface area contributed by atoms with Crippen molar-refractivity contribution < 1.29 is 20.1 Å². The Bertz CT molecular complexity index is 227. The molecule has 0 spiro atoms. The fourth-order valence-corrected chi connectivity index (χ4v) is 2.94. The van der Waals surface area contributed by atoms with Crippen molar-refractivity contribution in [2.45, 2.75) is 91.0 Å². The molecule has 1 heterocycles. The van der Waals surface area contributed by atoms with Gasteiger partial charge < -0.3 is 20.1 Å². The van der Waals surface area contributed by atoms with Crippen molar-refractivity contribution in [1.82, 2.24) is 0 Å². The van der Waals surface area contributed by atoms with Gasteiger partial charge in [0.25, 0.3) is 0 Å². The van der Waals surface area contributed by atoms with E-state index in [4.69, 9.17) is 20.1 Å². The number of rotatable bonds is 1. The first-order chi connectivity index (χ1) is 10.5. The highest BCUT2D eigenvalue weighted by Gasteiger charge is 2.30. The molecule has 4 nitrogen and oxygen atoms in total. The summed E-state index contributed by atoms with van der Waals surface area (Å²) in [7, 11) is 0. The first-order valence-electron chi connectivity index (χ1n) is 9.13. The molecule has 0 amide bonds. The van der Waals surface area contributed by atoms with Gasteiger partial charge in [-0.05, 0) is 18.3 Å². The summed E-state index contributed by atoms with van der Waals surface area (Å²) in [5, 5.41) is 26.7. The Balaban J connectivity index is 0.000000360. The van der Waals surface area contributed by atoms with E-state index in [9.17, 15) is 0 Å². The van der Waals surface area contributed by atoms with Crippen molar-refractivity contribution in [3.63, 3.8) is 0 Å². The van der Waals surface area contributed by atoms with E-state index in [-0.39, 0.29) is 6.61 Å². The van der Waals surface area contributed by atoms with Gasteiger partial charge in [0.05, 0.1) is 12.7 Å². The standard InChI is InChI=1S/C10H20.C6H12O4.C2H6/c1-9-5-3-7-10(2)8-4-6-9;7-3-5-6(9)4(8)1-2-10-5;1-2/h9-10H,3-8H2,1-2H3;4-9H,1-3H2;1-2H3/t;4?,5-,6?;/m.1./s1. The van der Waals surface area contributed by atoms with Gasteiger partial charge in [0.1, 0.15) is 12.2 Å². The molecule has 0 aromatic carbocycles. The van der Waals surface area contributed by atoms with Gasteiger partial charge in [-0.1, -0.05) is 66.2 Å². The molecular weight excluding hydrogens is 280 g/mol. The summed E-state index contributed by atoms with van der Waals surface area (Å²) < 4.78 is 4.95. The van der Waals surface area contributed by atoms with Crippen LogP contribution in [0.1, 0.15) is 72.6 Å². The van der Waals surface area contributed by atoms with Crippen molar-refractivity contribution in [1.29, 1.82) is 0 Å². The molecule has 0 aromatic rings. The van der Waals surface area contributed by atoms with Crippen LogP contribution in [0.4, 0.5) is 0 Å². The summed E-state index contributed by atoms with van der Waals surface area (Å²) in [6.07, 6.45) is 7.01. The summed E-state index contributed by atoms with van der Waals surface area (Å²) in [5.74, 6) is 2.01. The second-order valence-electron chi connectivity index (χ2n) is 6.51. The van der Waals surface area contributed by atoms with E-state index >= 15 is 0 Å². The van der Waals surface area contributed by atoms with Gasteiger partial charge >= 0.3 is 0 Å². The minimum Gasteiger partial charge on any atom is -0.394 e. The highest BCUT2D eigenvalue weighted by atomic mass is 16.5.